The number of pyridine rings is 1. The molecule has 262 valence electrons. The van der Waals surface area contributed by atoms with Crippen molar-refractivity contribution in [1.29, 1.82) is 0 Å². The lowest BCUT2D eigenvalue weighted by molar-refractivity contribution is 0.754. The number of aromatic nitrogens is 6. The van der Waals surface area contributed by atoms with Crippen molar-refractivity contribution in [1.82, 2.24) is 29.9 Å². The average Bonchev–Trinajstić information content (AvgIpc) is 3.29. The van der Waals surface area contributed by atoms with Gasteiger partial charge in [0.15, 0.2) is 23.3 Å². The van der Waals surface area contributed by atoms with E-state index in [1.807, 2.05) is 97.1 Å². The van der Waals surface area contributed by atoms with Gasteiger partial charge in [-0.05, 0) is 63.7 Å². The predicted octanol–water partition coefficient (Wildman–Crippen LogP) is 11.0. The molecule has 0 spiro atoms. The minimum atomic E-state index is 0.0635. The van der Waals surface area contributed by atoms with Crippen molar-refractivity contribution in [2.75, 3.05) is 0 Å². The fraction of sp³-hybridized carbons (Fsp3) is 0.0400. The SMILES string of the molecule is c1ccc(-c2nc(-c3ccc4c(c3)C3c5ccccc5C4c4cc(-c5nc(-c6ccccc6)nc(-c6ccccc6)n5)ccc43)cc(-c3ccccn3)n2)cc1. The molecule has 3 aliphatic rings. The van der Waals surface area contributed by atoms with Gasteiger partial charge < -0.3 is 0 Å². The minimum Gasteiger partial charge on any atom is -0.255 e. The van der Waals surface area contributed by atoms with Crippen LogP contribution in [-0.4, -0.2) is 29.9 Å². The first-order valence-corrected chi connectivity index (χ1v) is 18.9. The Labute approximate surface area is 324 Å². The molecular weight excluding hydrogens is 685 g/mol. The predicted molar refractivity (Wildman–Crippen MR) is 221 cm³/mol. The van der Waals surface area contributed by atoms with Crippen LogP contribution < -0.4 is 0 Å². The largest absolute Gasteiger partial charge is 0.255 e. The molecule has 2 unspecified atom stereocenters. The van der Waals surface area contributed by atoms with E-state index in [0.29, 0.717) is 23.3 Å². The molecule has 9 aromatic rings. The van der Waals surface area contributed by atoms with Crippen molar-refractivity contribution in [2.24, 2.45) is 0 Å². The third kappa shape index (κ3) is 5.42. The highest BCUT2D eigenvalue weighted by Crippen LogP contribution is 2.56. The third-order valence-electron chi connectivity index (χ3n) is 11.0. The Morgan fingerprint density at radius 3 is 1.23 bits per heavy atom. The first-order chi connectivity index (χ1) is 27.7. The van der Waals surface area contributed by atoms with E-state index in [1.165, 1.54) is 33.4 Å². The lowest BCUT2D eigenvalue weighted by Crippen LogP contribution is -2.27. The van der Waals surface area contributed by atoms with Crippen molar-refractivity contribution < 1.29 is 0 Å². The topological polar surface area (TPSA) is 77.3 Å². The number of benzene rings is 6. The number of hydrogen-bond donors (Lipinski definition) is 0. The van der Waals surface area contributed by atoms with Gasteiger partial charge in [-0.1, -0.05) is 146 Å². The van der Waals surface area contributed by atoms with Gasteiger partial charge in [0.1, 0.15) is 0 Å². The lowest BCUT2D eigenvalue weighted by Gasteiger charge is -2.42. The molecule has 3 heterocycles. The van der Waals surface area contributed by atoms with Crippen molar-refractivity contribution in [3.05, 3.63) is 216 Å². The van der Waals surface area contributed by atoms with Crippen LogP contribution in [0, 0.1) is 0 Å². The summed E-state index contributed by atoms with van der Waals surface area (Å²) in [5.41, 5.74) is 15.3. The van der Waals surface area contributed by atoms with Crippen LogP contribution >= 0.6 is 0 Å². The highest BCUT2D eigenvalue weighted by molar-refractivity contribution is 5.77. The molecule has 6 aromatic carbocycles. The molecule has 0 amide bonds. The van der Waals surface area contributed by atoms with E-state index in [9.17, 15) is 0 Å². The molecule has 0 aliphatic heterocycles. The molecule has 6 heteroatoms. The summed E-state index contributed by atoms with van der Waals surface area (Å²) in [5.74, 6) is 2.78. The molecule has 0 fully saturated rings. The van der Waals surface area contributed by atoms with Crippen LogP contribution in [0.25, 0.3) is 68.2 Å². The quantitative estimate of drug-likeness (QED) is 0.170. The fourth-order valence-electron chi connectivity index (χ4n) is 8.41. The zero-order valence-corrected chi connectivity index (χ0v) is 30.2. The average molecular weight is 717 g/mol. The molecular formula is C50H32N6. The summed E-state index contributed by atoms with van der Waals surface area (Å²) in [6.45, 7) is 0. The van der Waals surface area contributed by atoms with Crippen LogP contribution in [0.3, 0.4) is 0 Å². The van der Waals surface area contributed by atoms with Gasteiger partial charge >= 0.3 is 0 Å². The lowest BCUT2D eigenvalue weighted by atomic mass is 9.60. The molecule has 2 atom stereocenters. The fourth-order valence-corrected chi connectivity index (χ4v) is 8.41. The second kappa shape index (κ2) is 13.1. The Balaban J connectivity index is 1.05. The van der Waals surface area contributed by atoms with Gasteiger partial charge in [-0.15, -0.1) is 0 Å². The Kier molecular flexibility index (Phi) is 7.52. The molecule has 0 N–H and O–H groups in total. The van der Waals surface area contributed by atoms with Crippen LogP contribution in [0.4, 0.5) is 0 Å². The van der Waals surface area contributed by atoms with E-state index < -0.39 is 0 Å². The van der Waals surface area contributed by atoms with Crippen molar-refractivity contribution in [2.45, 2.75) is 11.8 Å². The molecule has 2 bridgehead atoms. The number of nitrogens with zero attached hydrogens (tertiary/aromatic N) is 6. The molecule has 3 aliphatic carbocycles. The Bertz CT molecular complexity index is 2600. The summed E-state index contributed by atoms with van der Waals surface area (Å²) < 4.78 is 0. The molecule has 0 saturated carbocycles. The summed E-state index contributed by atoms with van der Waals surface area (Å²) in [6.07, 6.45) is 1.81. The zero-order chi connectivity index (χ0) is 37.0. The van der Waals surface area contributed by atoms with E-state index in [1.54, 1.807) is 6.20 Å². The maximum Gasteiger partial charge on any atom is 0.164 e. The first kappa shape index (κ1) is 32.0. The summed E-state index contributed by atoms with van der Waals surface area (Å²) in [5, 5.41) is 0. The molecule has 56 heavy (non-hydrogen) atoms. The van der Waals surface area contributed by atoms with E-state index in [0.717, 1.165) is 44.9 Å². The van der Waals surface area contributed by atoms with E-state index in [2.05, 4.69) is 83.8 Å². The van der Waals surface area contributed by atoms with Gasteiger partial charge in [-0.25, -0.2) is 24.9 Å². The molecule has 6 nitrogen and oxygen atoms in total. The molecule has 0 saturated heterocycles. The van der Waals surface area contributed by atoms with Crippen LogP contribution in [0.2, 0.25) is 0 Å². The van der Waals surface area contributed by atoms with Crippen LogP contribution in [-0.2, 0) is 0 Å². The monoisotopic (exact) mass is 716 g/mol. The van der Waals surface area contributed by atoms with Crippen LogP contribution in [0.15, 0.2) is 182 Å². The highest BCUT2D eigenvalue weighted by atomic mass is 15.0. The Morgan fingerprint density at radius 2 is 0.696 bits per heavy atom. The zero-order valence-electron chi connectivity index (χ0n) is 30.2. The molecule has 12 rings (SSSR count). The number of hydrogen-bond acceptors (Lipinski definition) is 6. The van der Waals surface area contributed by atoms with Crippen molar-refractivity contribution in [3.63, 3.8) is 0 Å². The standard InChI is InChI=1S/C50H32N6/c1-4-14-31(15-5-1)47-52-43(30-44(53-47)42-22-12-13-27-51-42)34-23-25-38-40(28-34)45-36-20-10-11-21-37(36)46(38)41-29-35(24-26-39(41)45)50-55-48(32-16-6-2-7-17-32)54-49(56-50)33-18-8-3-9-19-33/h1-30,45-46H. The van der Waals surface area contributed by atoms with Crippen molar-refractivity contribution >= 4 is 0 Å². The van der Waals surface area contributed by atoms with Crippen LogP contribution in [0.5, 0.6) is 0 Å². The van der Waals surface area contributed by atoms with Crippen molar-refractivity contribution in [3.8, 4) is 68.2 Å². The molecule has 0 radical (unpaired) electrons. The first-order valence-electron chi connectivity index (χ1n) is 18.9. The maximum absolute atomic E-state index is 5.14. The summed E-state index contributed by atoms with van der Waals surface area (Å²) in [6, 6.07) is 61.0. The Morgan fingerprint density at radius 1 is 0.268 bits per heavy atom. The summed E-state index contributed by atoms with van der Waals surface area (Å²) in [7, 11) is 0. The highest BCUT2D eigenvalue weighted by Gasteiger charge is 2.41. The molecule has 3 aromatic heterocycles. The van der Waals surface area contributed by atoms with Gasteiger partial charge in [0.25, 0.3) is 0 Å². The normalized spacial score (nSPS) is 14.8. The Hall–Kier alpha value is -7.44. The van der Waals surface area contributed by atoms with Gasteiger partial charge in [-0.3, -0.25) is 4.98 Å². The summed E-state index contributed by atoms with van der Waals surface area (Å²) >= 11 is 0. The second-order valence-electron chi connectivity index (χ2n) is 14.3. The summed E-state index contributed by atoms with van der Waals surface area (Å²) in [4.78, 5) is 29.8. The maximum atomic E-state index is 5.14. The van der Waals surface area contributed by atoms with E-state index >= 15 is 0 Å². The minimum absolute atomic E-state index is 0.0635. The number of rotatable bonds is 6. The smallest absolute Gasteiger partial charge is 0.164 e. The second-order valence-corrected chi connectivity index (χ2v) is 14.3. The van der Waals surface area contributed by atoms with E-state index in [-0.39, 0.29) is 11.8 Å². The van der Waals surface area contributed by atoms with Crippen LogP contribution in [0.1, 0.15) is 45.2 Å². The van der Waals surface area contributed by atoms with Gasteiger partial charge in [0.05, 0.1) is 17.1 Å². The van der Waals surface area contributed by atoms with Gasteiger partial charge in [-0.2, -0.15) is 0 Å². The van der Waals surface area contributed by atoms with Gasteiger partial charge in [0.2, 0.25) is 0 Å². The third-order valence-corrected chi connectivity index (χ3v) is 11.0. The van der Waals surface area contributed by atoms with Gasteiger partial charge in [0, 0.05) is 45.8 Å². The van der Waals surface area contributed by atoms with E-state index in [4.69, 9.17) is 24.9 Å².